The van der Waals surface area contributed by atoms with Crippen molar-refractivity contribution < 1.29 is 0 Å². The predicted molar refractivity (Wildman–Crippen MR) is 71.2 cm³/mol. The van der Waals surface area contributed by atoms with Gasteiger partial charge in [0.1, 0.15) is 0 Å². The van der Waals surface area contributed by atoms with Crippen molar-refractivity contribution in [3.05, 3.63) is 58.3 Å². The second-order valence-electron chi connectivity index (χ2n) is 3.42. The summed E-state index contributed by atoms with van der Waals surface area (Å²) in [5.74, 6) is 0. The van der Waals surface area contributed by atoms with Crippen LogP contribution in [-0.2, 0) is 6.54 Å². The Hall–Kier alpha value is -1.29. The van der Waals surface area contributed by atoms with Crippen LogP contribution in [0.3, 0.4) is 0 Å². The first kappa shape index (κ1) is 12.2. The summed E-state index contributed by atoms with van der Waals surface area (Å²) in [6.07, 6.45) is 3.44. The second-order valence-corrected chi connectivity index (χ2v) is 4.23. The molecule has 2 rings (SSSR count). The van der Waals surface area contributed by atoms with Crippen LogP contribution in [0.4, 0.5) is 5.69 Å². The molecule has 0 fully saturated rings. The highest BCUT2D eigenvalue weighted by Crippen LogP contribution is 2.23. The van der Waals surface area contributed by atoms with Crippen LogP contribution in [0.25, 0.3) is 0 Å². The molecule has 2 aromatic rings. The molecule has 0 aliphatic carbocycles. The molecule has 0 spiro atoms. The summed E-state index contributed by atoms with van der Waals surface area (Å²) in [6.45, 7) is 0.535. The Morgan fingerprint density at radius 3 is 2.47 bits per heavy atom. The number of benzene rings is 1. The summed E-state index contributed by atoms with van der Waals surface area (Å²) in [5, 5.41) is 1.30. The van der Waals surface area contributed by atoms with Gasteiger partial charge in [0.05, 0.1) is 11.9 Å². The normalized spacial score (nSPS) is 10.2. The molecule has 1 aromatic heterocycles. The van der Waals surface area contributed by atoms with Gasteiger partial charge in [0.2, 0.25) is 0 Å². The Labute approximate surface area is 110 Å². The molecular formula is C12H11Cl2N3. The Bertz CT molecular complexity index is 468. The van der Waals surface area contributed by atoms with Crippen LogP contribution in [-0.4, -0.2) is 4.98 Å². The molecule has 88 valence electrons. The standard InChI is InChI=1S/C12H11Cl2N3/c13-11-4-1-5-12(14)10(11)8-16-17-9-3-2-6-15-7-9/h1-7,16-17H,8H2. The van der Waals surface area contributed by atoms with Gasteiger partial charge < -0.3 is 5.43 Å². The molecule has 0 saturated carbocycles. The Morgan fingerprint density at radius 2 is 1.82 bits per heavy atom. The lowest BCUT2D eigenvalue weighted by atomic mass is 10.2. The minimum Gasteiger partial charge on any atom is -0.320 e. The molecule has 0 saturated heterocycles. The van der Waals surface area contributed by atoms with Gasteiger partial charge in [-0.3, -0.25) is 4.98 Å². The van der Waals surface area contributed by atoms with Crippen molar-refractivity contribution >= 4 is 28.9 Å². The van der Waals surface area contributed by atoms with E-state index in [1.54, 1.807) is 12.4 Å². The maximum absolute atomic E-state index is 6.05. The lowest BCUT2D eigenvalue weighted by Gasteiger charge is -2.10. The van der Waals surface area contributed by atoms with Crippen LogP contribution < -0.4 is 10.9 Å². The number of hydrogen-bond acceptors (Lipinski definition) is 3. The van der Waals surface area contributed by atoms with Gasteiger partial charge in [-0.25, -0.2) is 5.43 Å². The predicted octanol–water partition coefficient (Wildman–Crippen LogP) is 3.51. The fraction of sp³-hybridized carbons (Fsp3) is 0.0833. The van der Waals surface area contributed by atoms with Crippen LogP contribution >= 0.6 is 23.2 Å². The molecule has 3 nitrogen and oxygen atoms in total. The van der Waals surface area contributed by atoms with Crippen molar-refractivity contribution in [1.29, 1.82) is 0 Å². The lowest BCUT2D eigenvalue weighted by Crippen LogP contribution is -2.21. The first-order valence-electron chi connectivity index (χ1n) is 5.09. The van der Waals surface area contributed by atoms with E-state index in [0.717, 1.165) is 11.3 Å². The fourth-order valence-electron chi connectivity index (χ4n) is 1.37. The van der Waals surface area contributed by atoms with Gasteiger partial charge in [0.15, 0.2) is 0 Å². The van der Waals surface area contributed by atoms with E-state index in [4.69, 9.17) is 23.2 Å². The van der Waals surface area contributed by atoms with Crippen LogP contribution in [0.2, 0.25) is 10.0 Å². The van der Waals surface area contributed by atoms with Crippen molar-refractivity contribution in [3.63, 3.8) is 0 Å². The highest BCUT2D eigenvalue weighted by Gasteiger charge is 2.04. The molecule has 0 bridgehead atoms. The molecule has 1 aromatic carbocycles. The van der Waals surface area contributed by atoms with E-state index in [2.05, 4.69) is 15.8 Å². The summed E-state index contributed by atoms with van der Waals surface area (Å²) < 4.78 is 0. The van der Waals surface area contributed by atoms with Crippen LogP contribution in [0, 0.1) is 0 Å². The molecule has 0 aliphatic heterocycles. The zero-order valence-electron chi connectivity index (χ0n) is 8.95. The minimum absolute atomic E-state index is 0.535. The molecule has 0 radical (unpaired) electrons. The van der Waals surface area contributed by atoms with Crippen LogP contribution in [0.15, 0.2) is 42.7 Å². The topological polar surface area (TPSA) is 37.0 Å². The third kappa shape index (κ3) is 3.33. The first-order valence-corrected chi connectivity index (χ1v) is 5.85. The van der Waals surface area contributed by atoms with Crippen LogP contribution in [0.1, 0.15) is 5.56 Å². The van der Waals surface area contributed by atoms with E-state index in [1.165, 1.54) is 0 Å². The van der Waals surface area contributed by atoms with Gasteiger partial charge in [-0.2, -0.15) is 0 Å². The van der Waals surface area contributed by atoms with E-state index in [9.17, 15) is 0 Å². The minimum atomic E-state index is 0.535. The number of hydrogen-bond donors (Lipinski definition) is 2. The number of aromatic nitrogens is 1. The molecule has 5 heteroatoms. The SMILES string of the molecule is Clc1cccc(Cl)c1CNNc1cccnc1. The molecule has 0 atom stereocenters. The van der Waals surface area contributed by atoms with Gasteiger partial charge in [-0.1, -0.05) is 29.3 Å². The number of nitrogens with one attached hydrogen (secondary N) is 2. The molecule has 0 unspecified atom stereocenters. The third-order valence-electron chi connectivity index (χ3n) is 2.22. The van der Waals surface area contributed by atoms with Gasteiger partial charge in [0, 0.05) is 28.4 Å². The maximum Gasteiger partial charge on any atom is 0.0671 e. The summed E-state index contributed by atoms with van der Waals surface area (Å²) >= 11 is 12.1. The number of pyridine rings is 1. The van der Waals surface area contributed by atoms with Crippen molar-refractivity contribution in [3.8, 4) is 0 Å². The third-order valence-corrected chi connectivity index (χ3v) is 2.93. The Kier molecular flexibility index (Phi) is 4.20. The average Bonchev–Trinajstić information content (AvgIpc) is 2.34. The molecule has 17 heavy (non-hydrogen) atoms. The zero-order valence-corrected chi connectivity index (χ0v) is 10.5. The van der Waals surface area contributed by atoms with Gasteiger partial charge in [-0.15, -0.1) is 0 Å². The van der Waals surface area contributed by atoms with E-state index in [-0.39, 0.29) is 0 Å². The van der Waals surface area contributed by atoms with Crippen molar-refractivity contribution in [1.82, 2.24) is 10.4 Å². The van der Waals surface area contributed by atoms with Crippen LogP contribution in [0.5, 0.6) is 0 Å². The molecule has 0 amide bonds. The second kappa shape index (κ2) is 5.87. The number of nitrogens with zero attached hydrogens (tertiary/aromatic N) is 1. The monoisotopic (exact) mass is 267 g/mol. The summed E-state index contributed by atoms with van der Waals surface area (Å²) in [6, 6.07) is 9.21. The number of anilines is 1. The maximum atomic E-state index is 6.05. The van der Waals surface area contributed by atoms with E-state index < -0.39 is 0 Å². The molecule has 2 N–H and O–H groups in total. The highest BCUT2D eigenvalue weighted by atomic mass is 35.5. The van der Waals surface area contributed by atoms with E-state index >= 15 is 0 Å². The lowest BCUT2D eigenvalue weighted by molar-refractivity contribution is 0.800. The average molecular weight is 268 g/mol. The summed E-state index contributed by atoms with van der Waals surface area (Å²) in [7, 11) is 0. The van der Waals surface area contributed by atoms with Gasteiger partial charge in [-0.05, 0) is 24.3 Å². The largest absolute Gasteiger partial charge is 0.320 e. The molecule has 0 aliphatic rings. The van der Waals surface area contributed by atoms with E-state index in [1.807, 2.05) is 30.3 Å². The number of hydrazine groups is 1. The highest BCUT2D eigenvalue weighted by molar-refractivity contribution is 6.35. The Morgan fingerprint density at radius 1 is 1.06 bits per heavy atom. The Balaban J connectivity index is 1.95. The molecule has 1 heterocycles. The van der Waals surface area contributed by atoms with Crippen molar-refractivity contribution in [2.24, 2.45) is 0 Å². The number of rotatable bonds is 4. The van der Waals surface area contributed by atoms with Crippen molar-refractivity contribution in [2.45, 2.75) is 6.54 Å². The van der Waals surface area contributed by atoms with E-state index in [0.29, 0.717) is 16.6 Å². The number of halogens is 2. The van der Waals surface area contributed by atoms with Gasteiger partial charge >= 0.3 is 0 Å². The quantitative estimate of drug-likeness (QED) is 0.833. The zero-order chi connectivity index (χ0) is 12.1. The fourth-order valence-corrected chi connectivity index (χ4v) is 1.90. The summed E-state index contributed by atoms with van der Waals surface area (Å²) in [4.78, 5) is 3.99. The van der Waals surface area contributed by atoms with Crippen molar-refractivity contribution in [2.75, 3.05) is 5.43 Å². The molecular weight excluding hydrogens is 257 g/mol. The smallest absolute Gasteiger partial charge is 0.0671 e. The summed E-state index contributed by atoms with van der Waals surface area (Å²) in [5.41, 5.74) is 7.81. The first-order chi connectivity index (χ1) is 8.27. The van der Waals surface area contributed by atoms with Gasteiger partial charge in [0.25, 0.3) is 0 Å².